The van der Waals surface area contributed by atoms with Gasteiger partial charge in [-0.05, 0) is 66.8 Å². The average molecular weight is 453 g/mol. The number of carbonyl (C=O) groups is 2. The van der Waals surface area contributed by atoms with Gasteiger partial charge in [-0.2, -0.15) is 0 Å². The van der Waals surface area contributed by atoms with Crippen LogP contribution in [0.15, 0.2) is 84.0 Å². The Morgan fingerprint density at radius 2 is 1.97 bits per heavy atom. The third-order valence-corrected chi connectivity index (χ3v) is 6.33. The average Bonchev–Trinajstić information content (AvgIpc) is 3.42. The van der Waals surface area contributed by atoms with E-state index in [1.54, 1.807) is 18.2 Å². The van der Waals surface area contributed by atoms with Crippen LogP contribution in [0.25, 0.3) is 11.6 Å². The van der Waals surface area contributed by atoms with Gasteiger partial charge in [0, 0.05) is 31.1 Å². The van der Waals surface area contributed by atoms with Crippen molar-refractivity contribution >= 4 is 36.0 Å². The number of rotatable bonds is 7. The van der Waals surface area contributed by atoms with Crippen LogP contribution >= 0.6 is 0 Å². The Labute approximate surface area is 200 Å². The minimum atomic E-state index is -0.364. The number of anilines is 1. The summed E-state index contributed by atoms with van der Waals surface area (Å²) in [6.07, 6.45) is 9.50. The topological polar surface area (TPSA) is 74.7 Å². The number of hydrogen-bond donors (Lipinski definition) is 1. The van der Waals surface area contributed by atoms with E-state index in [0.717, 1.165) is 25.1 Å². The summed E-state index contributed by atoms with van der Waals surface area (Å²) in [5.74, 6) is 0.973. The maximum absolute atomic E-state index is 12.8. The number of aliphatic imine (C=N–C) groups is 1. The third kappa shape index (κ3) is 5.12. The van der Waals surface area contributed by atoms with Crippen molar-refractivity contribution in [3.63, 3.8) is 0 Å². The van der Waals surface area contributed by atoms with Crippen LogP contribution in [0.4, 0.5) is 5.82 Å². The fraction of sp³-hybridized carbons (Fsp3) is 0.214. The number of hydrogen-bond acceptors (Lipinski definition) is 4. The molecule has 1 aromatic carbocycles. The maximum Gasteiger partial charge on any atom is 0.258 e. The Kier molecular flexibility index (Phi) is 6.97. The van der Waals surface area contributed by atoms with E-state index in [1.165, 1.54) is 23.4 Å². The molecule has 2 unspecified atom stereocenters. The van der Waals surface area contributed by atoms with Crippen LogP contribution in [0.2, 0.25) is 0 Å². The summed E-state index contributed by atoms with van der Waals surface area (Å²) < 4.78 is 0. The Hall–Kier alpha value is -4.06. The molecule has 172 valence electrons. The van der Waals surface area contributed by atoms with Crippen molar-refractivity contribution in [3.8, 4) is 0 Å². The molecule has 6 heteroatoms. The summed E-state index contributed by atoms with van der Waals surface area (Å²) in [6.45, 7) is 10.3. The fourth-order valence-corrected chi connectivity index (χ4v) is 4.53. The second-order valence-corrected chi connectivity index (χ2v) is 8.56. The van der Waals surface area contributed by atoms with Crippen LogP contribution in [0, 0.1) is 18.8 Å². The minimum Gasteiger partial charge on any atom is -0.338 e. The van der Waals surface area contributed by atoms with Crippen molar-refractivity contribution in [2.45, 2.75) is 13.3 Å². The van der Waals surface area contributed by atoms with E-state index in [4.69, 9.17) is 0 Å². The van der Waals surface area contributed by atoms with Crippen LogP contribution in [-0.2, 0) is 9.59 Å². The fourth-order valence-electron chi connectivity index (χ4n) is 4.53. The van der Waals surface area contributed by atoms with Crippen molar-refractivity contribution < 1.29 is 9.59 Å². The van der Waals surface area contributed by atoms with Crippen LogP contribution in [0.5, 0.6) is 0 Å². The molecule has 2 aromatic rings. The first kappa shape index (κ1) is 23.1. The lowest BCUT2D eigenvalue weighted by atomic mass is 9.98. The van der Waals surface area contributed by atoms with Crippen LogP contribution in [0.1, 0.15) is 23.2 Å². The Bertz CT molecular complexity index is 1210. The third-order valence-electron chi connectivity index (χ3n) is 6.33. The Morgan fingerprint density at radius 3 is 2.65 bits per heavy atom. The molecule has 2 aliphatic rings. The molecule has 1 aromatic heterocycles. The Balaban J connectivity index is 1.36. The van der Waals surface area contributed by atoms with Gasteiger partial charge in [0.25, 0.3) is 5.91 Å². The molecule has 0 bridgehead atoms. The number of likely N-dealkylation sites (tertiary alicyclic amines) is 1. The molecule has 4 rings (SSSR count). The minimum absolute atomic E-state index is 0.0125. The van der Waals surface area contributed by atoms with Crippen LogP contribution in [-0.4, -0.2) is 41.5 Å². The first-order chi connectivity index (χ1) is 16.5. The van der Waals surface area contributed by atoms with E-state index in [1.807, 2.05) is 24.0 Å². The zero-order valence-corrected chi connectivity index (χ0v) is 19.3. The highest BCUT2D eigenvalue weighted by Crippen LogP contribution is 2.40. The van der Waals surface area contributed by atoms with Gasteiger partial charge in [-0.3, -0.25) is 14.6 Å². The molecule has 1 saturated heterocycles. The Morgan fingerprint density at radius 1 is 1.18 bits per heavy atom. The number of aromatic nitrogens is 1. The molecule has 1 aliphatic carbocycles. The first-order valence-electron chi connectivity index (χ1n) is 11.3. The number of carbonyl (C=O) groups excluding carboxylic acids is 2. The van der Waals surface area contributed by atoms with Gasteiger partial charge in [-0.15, -0.1) is 0 Å². The standard InChI is InChI=1S/C28H28N4O2/c1-4-20(16-29-3)28(34)31-26-12-10-21(19(2)30-26)11-13-27(33)32-17-24-14-23(15-25(24)18-32)22-8-6-5-7-9-22/h4-14,16,24-25H,1,3,15,17-18H2,2H3,(H,30,31,34)/b13-11+,20-16+. The number of nitrogens with zero attached hydrogens (tertiary/aromatic N) is 3. The highest BCUT2D eigenvalue weighted by atomic mass is 16.2. The lowest BCUT2D eigenvalue weighted by Gasteiger charge is -2.15. The molecule has 1 aliphatic heterocycles. The number of fused-ring (bicyclic) bond motifs is 1. The van der Waals surface area contributed by atoms with Crippen molar-refractivity contribution in [2.24, 2.45) is 16.8 Å². The van der Waals surface area contributed by atoms with Gasteiger partial charge < -0.3 is 10.2 Å². The normalized spacial score (nSPS) is 19.6. The van der Waals surface area contributed by atoms with E-state index >= 15 is 0 Å². The van der Waals surface area contributed by atoms with Gasteiger partial charge in [-0.1, -0.05) is 49.1 Å². The van der Waals surface area contributed by atoms with Gasteiger partial charge in [0.2, 0.25) is 5.91 Å². The maximum atomic E-state index is 12.8. The van der Waals surface area contributed by atoms with Gasteiger partial charge >= 0.3 is 0 Å². The molecule has 1 fully saturated rings. The molecule has 2 atom stereocenters. The molecular weight excluding hydrogens is 424 g/mol. The monoisotopic (exact) mass is 452 g/mol. The second kappa shape index (κ2) is 10.3. The SMILES string of the molecule is C=C/C(=C\N=C)C(=O)Nc1ccc(/C=C/C(=O)N2CC3C=C(c4ccccc4)CC3C2)c(C)n1. The second-order valence-electron chi connectivity index (χ2n) is 8.56. The molecule has 2 heterocycles. The quantitative estimate of drug-likeness (QED) is 0.377. The van der Waals surface area contributed by atoms with Gasteiger partial charge in [0.1, 0.15) is 5.82 Å². The summed E-state index contributed by atoms with van der Waals surface area (Å²) >= 11 is 0. The van der Waals surface area contributed by atoms with Crippen molar-refractivity contribution in [1.29, 1.82) is 0 Å². The highest BCUT2D eigenvalue weighted by molar-refractivity contribution is 6.05. The van der Waals surface area contributed by atoms with E-state index in [9.17, 15) is 9.59 Å². The number of allylic oxidation sites excluding steroid dienone is 1. The molecule has 6 nitrogen and oxygen atoms in total. The zero-order valence-electron chi connectivity index (χ0n) is 19.3. The lowest BCUT2D eigenvalue weighted by molar-refractivity contribution is -0.125. The molecule has 0 saturated carbocycles. The number of benzene rings is 1. The van der Waals surface area contributed by atoms with Gasteiger partial charge in [0.05, 0.1) is 5.57 Å². The number of amides is 2. The molecule has 34 heavy (non-hydrogen) atoms. The summed E-state index contributed by atoms with van der Waals surface area (Å²) in [7, 11) is 0. The number of aryl methyl sites for hydroxylation is 1. The van der Waals surface area contributed by atoms with Gasteiger partial charge in [0.15, 0.2) is 0 Å². The van der Waals surface area contributed by atoms with Gasteiger partial charge in [-0.25, -0.2) is 4.98 Å². The molecule has 0 spiro atoms. The molecule has 1 N–H and O–H groups in total. The van der Waals surface area contributed by atoms with Crippen LogP contribution < -0.4 is 5.32 Å². The summed E-state index contributed by atoms with van der Waals surface area (Å²) in [4.78, 5) is 35.0. The number of pyridine rings is 1. The molecule has 2 amide bonds. The summed E-state index contributed by atoms with van der Waals surface area (Å²) in [5.41, 5.74) is 4.51. The lowest BCUT2D eigenvalue weighted by Crippen LogP contribution is -2.27. The highest BCUT2D eigenvalue weighted by Gasteiger charge is 2.37. The largest absolute Gasteiger partial charge is 0.338 e. The van der Waals surface area contributed by atoms with Crippen molar-refractivity contribution in [1.82, 2.24) is 9.88 Å². The molecule has 0 radical (unpaired) electrons. The van der Waals surface area contributed by atoms with E-state index < -0.39 is 0 Å². The smallest absolute Gasteiger partial charge is 0.258 e. The zero-order chi connectivity index (χ0) is 24.1. The summed E-state index contributed by atoms with van der Waals surface area (Å²) in [6, 6.07) is 14.0. The predicted molar refractivity (Wildman–Crippen MR) is 137 cm³/mol. The van der Waals surface area contributed by atoms with E-state index in [2.05, 4.69) is 58.9 Å². The molecular formula is C28H28N4O2. The van der Waals surface area contributed by atoms with Crippen molar-refractivity contribution in [2.75, 3.05) is 18.4 Å². The summed E-state index contributed by atoms with van der Waals surface area (Å²) in [5, 5.41) is 2.71. The predicted octanol–water partition coefficient (Wildman–Crippen LogP) is 4.67. The van der Waals surface area contributed by atoms with E-state index in [0.29, 0.717) is 28.9 Å². The first-order valence-corrected chi connectivity index (χ1v) is 11.3. The number of nitrogens with one attached hydrogen (secondary N) is 1. The van der Waals surface area contributed by atoms with Crippen LogP contribution in [0.3, 0.4) is 0 Å². The van der Waals surface area contributed by atoms with E-state index in [-0.39, 0.29) is 11.8 Å². The van der Waals surface area contributed by atoms with Crippen molar-refractivity contribution in [3.05, 3.63) is 95.9 Å².